The Morgan fingerprint density at radius 1 is 0.889 bits per heavy atom. The first-order valence-electron chi connectivity index (χ1n) is 6.36. The summed E-state index contributed by atoms with van der Waals surface area (Å²) in [7, 11) is 0. The van der Waals surface area contributed by atoms with Crippen LogP contribution in [0.3, 0.4) is 0 Å². The molecule has 0 saturated heterocycles. The molecule has 1 nitrogen and oxygen atoms in total. The van der Waals surface area contributed by atoms with Gasteiger partial charge in [-0.05, 0) is 29.7 Å². The number of hydrogen-bond acceptors (Lipinski definition) is 1. The topological polar surface area (TPSA) is 12.0 Å². The molecule has 18 heavy (non-hydrogen) atoms. The standard InChI is InChI=1S/C17H19N/c1-2-3-13-18-14-15-9-11-17(12-10-15)16-7-5-4-6-8-16/h2,4-12,18H,1,3,13-14H2. The van der Waals surface area contributed by atoms with E-state index in [0.717, 1.165) is 19.5 Å². The van der Waals surface area contributed by atoms with Crippen molar-refractivity contribution in [3.05, 3.63) is 72.8 Å². The molecule has 0 unspecified atom stereocenters. The van der Waals surface area contributed by atoms with E-state index < -0.39 is 0 Å². The van der Waals surface area contributed by atoms with Gasteiger partial charge in [-0.2, -0.15) is 0 Å². The number of rotatable bonds is 6. The second kappa shape index (κ2) is 6.77. The third kappa shape index (κ3) is 3.57. The van der Waals surface area contributed by atoms with E-state index in [1.165, 1.54) is 16.7 Å². The van der Waals surface area contributed by atoms with Crippen molar-refractivity contribution in [2.45, 2.75) is 13.0 Å². The lowest BCUT2D eigenvalue weighted by atomic mass is 10.0. The van der Waals surface area contributed by atoms with Gasteiger partial charge in [-0.1, -0.05) is 60.7 Å². The molecule has 0 saturated carbocycles. The molecule has 2 rings (SSSR count). The summed E-state index contributed by atoms with van der Waals surface area (Å²) in [6, 6.07) is 19.2. The van der Waals surface area contributed by atoms with Crippen LogP contribution in [0.25, 0.3) is 11.1 Å². The van der Waals surface area contributed by atoms with E-state index in [9.17, 15) is 0 Å². The van der Waals surface area contributed by atoms with Gasteiger partial charge >= 0.3 is 0 Å². The summed E-state index contributed by atoms with van der Waals surface area (Å²) >= 11 is 0. The first-order chi connectivity index (χ1) is 8.90. The summed E-state index contributed by atoms with van der Waals surface area (Å²) in [5.41, 5.74) is 3.85. The molecule has 0 heterocycles. The van der Waals surface area contributed by atoms with Gasteiger partial charge in [0.2, 0.25) is 0 Å². The molecule has 0 amide bonds. The monoisotopic (exact) mass is 237 g/mol. The Labute approximate surface area is 109 Å². The minimum atomic E-state index is 0.920. The summed E-state index contributed by atoms with van der Waals surface area (Å²) in [6.45, 7) is 5.62. The molecule has 2 aromatic carbocycles. The van der Waals surface area contributed by atoms with Gasteiger partial charge in [0.15, 0.2) is 0 Å². The van der Waals surface area contributed by atoms with Crippen LogP contribution in [0.15, 0.2) is 67.3 Å². The average molecular weight is 237 g/mol. The van der Waals surface area contributed by atoms with Crippen molar-refractivity contribution in [3.8, 4) is 11.1 Å². The molecule has 0 fully saturated rings. The highest BCUT2D eigenvalue weighted by Crippen LogP contribution is 2.19. The van der Waals surface area contributed by atoms with Gasteiger partial charge in [-0.25, -0.2) is 0 Å². The fraction of sp³-hybridized carbons (Fsp3) is 0.176. The van der Waals surface area contributed by atoms with Crippen LogP contribution in [-0.2, 0) is 6.54 Å². The van der Waals surface area contributed by atoms with Crippen LogP contribution in [0.4, 0.5) is 0 Å². The molecule has 92 valence electrons. The summed E-state index contributed by atoms with van der Waals surface area (Å²) in [4.78, 5) is 0. The molecule has 0 bridgehead atoms. The molecule has 0 spiro atoms. The summed E-state index contributed by atoms with van der Waals surface area (Å²) < 4.78 is 0. The summed E-state index contributed by atoms with van der Waals surface area (Å²) in [6.07, 6.45) is 2.95. The smallest absolute Gasteiger partial charge is 0.0205 e. The van der Waals surface area contributed by atoms with E-state index in [-0.39, 0.29) is 0 Å². The van der Waals surface area contributed by atoms with Crippen LogP contribution < -0.4 is 5.32 Å². The second-order valence-corrected chi connectivity index (χ2v) is 4.32. The van der Waals surface area contributed by atoms with E-state index in [1.807, 2.05) is 12.1 Å². The lowest BCUT2D eigenvalue weighted by Crippen LogP contribution is -2.13. The van der Waals surface area contributed by atoms with Crippen LogP contribution in [0, 0.1) is 0 Å². The quantitative estimate of drug-likeness (QED) is 0.591. The maximum absolute atomic E-state index is 3.71. The fourth-order valence-electron chi connectivity index (χ4n) is 1.88. The second-order valence-electron chi connectivity index (χ2n) is 4.32. The molecular formula is C17H19N. The van der Waals surface area contributed by atoms with Gasteiger partial charge in [0.05, 0.1) is 0 Å². The molecule has 2 aromatic rings. The molecule has 1 N–H and O–H groups in total. The molecular weight excluding hydrogens is 218 g/mol. The summed E-state index contributed by atoms with van der Waals surface area (Å²) in [5.74, 6) is 0. The third-order valence-electron chi connectivity index (χ3n) is 2.92. The van der Waals surface area contributed by atoms with Gasteiger partial charge < -0.3 is 5.32 Å². The van der Waals surface area contributed by atoms with Crippen molar-refractivity contribution in [2.75, 3.05) is 6.54 Å². The lowest BCUT2D eigenvalue weighted by molar-refractivity contribution is 0.696. The zero-order valence-corrected chi connectivity index (χ0v) is 10.6. The lowest BCUT2D eigenvalue weighted by Gasteiger charge is -2.05. The highest BCUT2D eigenvalue weighted by atomic mass is 14.8. The average Bonchev–Trinajstić information content (AvgIpc) is 2.45. The molecule has 0 aliphatic heterocycles. The van der Waals surface area contributed by atoms with Crippen LogP contribution in [-0.4, -0.2) is 6.54 Å². The maximum atomic E-state index is 3.71. The van der Waals surface area contributed by atoms with E-state index in [1.54, 1.807) is 0 Å². The number of hydrogen-bond donors (Lipinski definition) is 1. The van der Waals surface area contributed by atoms with Crippen molar-refractivity contribution in [2.24, 2.45) is 0 Å². The molecule has 0 radical (unpaired) electrons. The van der Waals surface area contributed by atoms with E-state index in [4.69, 9.17) is 0 Å². The molecule has 0 atom stereocenters. The highest BCUT2D eigenvalue weighted by Gasteiger charge is 1.97. The van der Waals surface area contributed by atoms with Crippen LogP contribution in [0.1, 0.15) is 12.0 Å². The molecule has 0 aliphatic rings. The van der Waals surface area contributed by atoms with Crippen LogP contribution >= 0.6 is 0 Å². The summed E-state index contributed by atoms with van der Waals surface area (Å²) in [5, 5.41) is 3.39. The zero-order valence-electron chi connectivity index (χ0n) is 10.6. The maximum Gasteiger partial charge on any atom is 0.0205 e. The molecule has 0 aliphatic carbocycles. The first-order valence-corrected chi connectivity index (χ1v) is 6.36. The molecule has 0 aromatic heterocycles. The van der Waals surface area contributed by atoms with Crippen LogP contribution in [0.2, 0.25) is 0 Å². The van der Waals surface area contributed by atoms with Crippen molar-refractivity contribution in [1.29, 1.82) is 0 Å². The minimum absolute atomic E-state index is 0.920. The Morgan fingerprint density at radius 2 is 1.56 bits per heavy atom. The Hall–Kier alpha value is -1.86. The Morgan fingerprint density at radius 3 is 2.22 bits per heavy atom. The van der Waals surface area contributed by atoms with Gasteiger partial charge in [0, 0.05) is 6.54 Å². The number of nitrogens with one attached hydrogen (secondary N) is 1. The van der Waals surface area contributed by atoms with Crippen LogP contribution in [0.5, 0.6) is 0 Å². The predicted molar refractivity (Wildman–Crippen MR) is 78.4 cm³/mol. The van der Waals surface area contributed by atoms with Crippen molar-refractivity contribution < 1.29 is 0 Å². The van der Waals surface area contributed by atoms with Gasteiger partial charge in [0.1, 0.15) is 0 Å². The van der Waals surface area contributed by atoms with Crippen molar-refractivity contribution in [3.63, 3.8) is 0 Å². The normalized spacial score (nSPS) is 10.2. The van der Waals surface area contributed by atoms with E-state index >= 15 is 0 Å². The third-order valence-corrected chi connectivity index (χ3v) is 2.92. The SMILES string of the molecule is C=CCCNCc1ccc(-c2ccccc2)cc1. The van der Waals surface area contributed by atoms with Gasteiger partial charge in [-0.15, -0.1) is 6.58 Å². The Kier molecular flexibility index (Phi) is 4.74. The van der Waals surface area contributed by atoms with E-state index in [0.29, 0.717) is 0 Å². The minimum Gasteiger partial charge on any atom is -0.312 e. The number of benzene rings is 2. The fourth-order valence-corrected chi connectivity index (χ4v) is 1.88. The Bertz CT molecular complexity index is 471. The first kappa shape index (κ1) is 12.6. The highest BCUT2D eigenvalue weighted by molar-refractivity contribution is 5.63. The molecule has 1 heteroatoms. The largest absolute Gasteiger partial charge is 0.312 e. The predicted octanol–water partition coefficient (Wildman–Crippen LogP) is 4.02. The van der Waals surface area contributed by atoms with E-state index in [2.05, 4.69) is 60.4 Å². The van der Waals surface area contributed by atoms with Crippen molar-refractivity contribution in [1.82, 2.24) is 5.32 Å². The van der Waals surface area contributed by atoms with Gasteiger partial charge in [-0.3, -0.25) is 0 Å². The van der Waals surface area contributed by atoms with Gasteiger partial charge in [0.25, 0.3) is 0 Å². The zero-order chi connectivity index (χ0) is 12.6. The Balaban J connectivity index is 1.95. The van der Waals surface area contributed by atoms with Crippen molar-refractivity contribution >= 4 is 0 Å².